The van der Waals surface area contributed by atoms with Crippen LogP contribution in [0, 0.1) is 5.92 Å². The first-order valence-electron chi connectivity index (χ1n) is 19.9. The van der Waals surface area contributed by atoms with Crippen LogP contribution in [-0.4, -0.2) is 19.6 Å². The highest BCUT2D eigenvalue weighted by Gasteiger charge is 2.26. The number of benzene rings is 2. The monoisotopic (exact) mass is 660 g/mol. The van der Waals surface area contributed by atoms with Gasteiger partial charge in [0.2, 0.25) is 0 Å². The van der Waals surface area contributed by atoms with Crippen molar-refractivity contribution < 1.29 is 0 Å². The Bertz CT molecular complexity index is 1840. The van der Waals surface area contributed by atoms with E-state index in [9.17, 15) is 0 Å². The maximum atomic E-state index is 3.81. The van der Waals surface area contributed by atoms with Gasteiger partial charge in [0.15, 0.2) is 0 Å². The van der Waals surface area contributed by atoms with E-state index in [1.165, 1.54) is 96.0 Å². The molecule has 2 heteroatoms. The first-order valence-corrected chi connectivity index (χ1v) is 19.9. The van der Waals surface area contributed by atoms with E-state index in [-0.39, 0.29) is 0 Å². The standard InChI is InChI=1S/C48H56N2/c1-34(20-21-39(40-26-27-49-32-40)33-50-44-23-22-37-16-8-9-17-38(37)31-44)45-24-25-46(48-19-11-10-18-47(45)48)43-29-41(35-12-4-2-5-13-35)28-42(30-43)36-14-6-3-7-15-36/h2,4,9,11,14,17,19-23,28-31,35,40,49-50H,3,5-8,10,12-13,15-16,18,24-27,32-33H2,1H3/b34-20+,39-21+. The molecule has 0 radical (unpaired) electrons. The van der Waals surface area contributed by atoms with Crippen LogP contribution in [-0.2, 0) is 6.42 Å². The summed E-state index contributed by atoms with van der Waals surface area (Å²) in [6, 6.07) is 14.6. The minimum Gasteiger partial charge on any atom is -0.381 e. The molecule has 2 unspecified atom stereocenters. The van der Waals surface area contributed by atoms with Crippen LogP contribution in [0.25, 0.3) is 17.2 Å². The molecule has 2 aromatic rings. The maximum Gasteiger partial charge on any atom is 0.0366 e. The summed E-state index contributed by atoms with van der Waals surface area (Å²) in [5.41, 5.74) is 19.5. The average Bonchev–Trinajstić information content (AvgIpc) is 3.73. The Labute approximate surface area is 301 Å². The lowest BCUT2D eigenvalue weighted by molar-refractivity contribution is 0.616. The Morgan fingerprint density at radius 2 is 1.72 bits per heavy atom. The molecule has 0 bridgehead atoms. The zero-order valence-corrected chi connectivity index (χ0v) is 30.3. The molecular weight excluding hydrogens is 605 g/mol. The van der Waals surface area contributed by atoms with Crippen molar-refractivity contribution >= 4 is 22.9 Å². The van der Waals surface area contributed by atoms with Crippen LogP contribution in [0.1, 0.15) is 124 Å². The molecule has 6 aliphatic rings. The van der Waals surface area contributed by atoms with Crippen LogP contribution in [0.2, 0.25) is 0 Å². The lowest BCUT2D eigenvalue weighted by Crippen LogP contribution is -2.16. The molecule has 1 aliphatic heterocycles. The summed E-state index contributed by atoms with van der Waals surface area (Å²) >= 11 is 0. The first-order chi connectivity index (χ1) is 24.7. The molecule has 0 aromatic heterocycles. The van der Waals surface area contributed by atoms with Gasteiger partial charge < -0.3 is 10.6 Å². The number of hydrogen-bond acceptors (Lipinski definition) is 2. The smallest absolute Gasteiger partial charge is 0.0366 e. The summed E-state index contributed by atoms with van der Waals surface area (Å²) in [5.74, 6) is 1.23. The molecule has 2 nitrogen and oxygen atoms in total. The normalized spacial score (nSPS) is 24.0. The van der Waals surface area contributed by atoms with Gasteiger partial charge in [-0.15, -0.1) is 0 Å². The van der Waals surface area contributed by atoms with Crippen LogP contribution < -0.4 is 10.6 Å². The molecule has 50 heavy (non-hydrogen) atoms. The van der Waals surface area contributed by atoms with Crippen LogP contribution in [0.3, 0.4) is 0 Å². The highest BCUT2D eigenvalue weighted by molar-refractivity contribution is 5.81. The second-order valence-corrected chi connectivity index (χ2v) is 15.6. The predicted molar refractivity (Wildman–Crippen MR) is 215 cm³/mol. The fourth-order valence-corrected chi connectivity index (χ4v) is 9.36. The number of allylic oxidation sites excluding steroid dienone is 14. The summed E-state index contributed by atoms with van der Waals surface area (Å²) in [6.07, 6.45) is 38.6. The van der Waals surface area contributed by atoms with Crippen LogP contribution >= 0.6 is 0 Å². The zero-order chi connectivity index (χ0) is 33.7. The number of anilines is 1. The molecule has 8 rings (SSSR count). The van der Waals surface area contributed by atoms with Gasteiger partial charge >= 0.3 is 0 Å². The van der Waals surface area contributed by atoms with Crippen LogP contribution in [0.5, 0.6) is 0 Å². The quantitative estimate of drug-likeness (QED) is 0.207. The van der Waals surface area contributed by atoms with Crippen molar-refractivity contribution in [2.45, 2.75) is 103 Å². The maximum absolute atomic E-state index is 3.81. The summed E-state index contributed by atoms with van der Waals surface area (Å²) in [7, 11) is 0. The molecule has 2 aromatic carbocycles. The van der Waals surface area contributed by atoms with Gasteiger partial charge in [-0.2, -0.15) is 0 Å². The van der Waals surface area contributed by atoms with Gasteiger partial charge in [0.1, 0.15) is 0 Å². The molecule has 1 fully saturated rings. The van der Waals surface area contributed by atoms with E-state index in [1.54, 1.807) is 27.9 Å². The molecule has 0 spiro atoms. The molecule has 1 saturated heterocycles. The topological polar surface area (TPSA) is 24.1 Å². The van der Waals surface area contributed by atoms with Gasteiger partial charge in [-0.1, -0.05) is 72.9 Å². The molecule has 258 valence electrons. The number of fused-ring (bicyclic) bond motifs is 2. The van der Waals surface area contributed by atoms with Gasteiger partial charge in [-0.05, 0) is 200 Å². The van der Waals surface area contributed by atoms with E-state index in [2.05, 4.69) is 109 Å². The van der Waals surface area contributed by atoms with E-state index < -0.39 is 0 Å². The highest BCUT2D eigenvalue weighted by Crippen LogP contribution is 2.45. The largest absolute Gasteiger partial charge is 0.381 e. The third-order valence-electron chi connectivity index (χ3n) is 12.3. The lowest BCUT2D eigenvalue weighted by atomic mass is 9.75. The van der Waals surface area contributed by atoms with Crippen molar-refractivity contribution in [1.29, 1.82) is 0 Å². The summed E-state index contributed by atoms with van der Waals surface area (Å²) < 4.78 is 0. The minimum absolute atomic E-state index is 0.591. The van der Waals surface area contributed by atoms with Gasteiger partial charge in [-0.25, -0.2) is 0 Å². The van der Waals surface area contributed by atoms with Crippen LogP contribution in [0.15, 0.2) is 113 Å². The Kier molecular flexibility index (Phi) is 10.4. The van der Waals surface area contributed by atoms with Gasteiger partial charge in [0.25, 0.3) is 0 Å². The molecule has 5 aliphatic carbocycles. The number of rotatable bonds is 9. The Balaban J connectivity index is 1.10. The minimum atomic E-state index is 0.591. The van der Waals surface area contributed by atoms with Crippen molar-refractivity contribution in [3.8, 4) is 0 Å². The molecule has 2 N–H and O–H groups in total. The van der Waals surface area contributed by atoms with E-state index in [1.807, 2.05) is 0 Å². The van der Waals surface area contributed by atoms with Crippen molar-refractivity contribution in [1.82, 2.24) is 5.32 Å². The van der Waals surface area contributed by atoms with Gasteiger partial charge in [-0.3, -0.25) is 0 Å². The number of nitrogens with one attached hydrogen (secondary N) is 2. The second-order valence-electron chi connectivity index (χ2n) is 15.6. The highest BCUT2D eigenvalue weighted by atomic mass is 14.9. The van der Waals surface area contributed by atoms with E-state index in [0.717, 1.165) is 58.2 Å². The third kappa shape index (κ3) is 7.42. The summed E-state index contributed by atoms with van der Waals surface area (Å²) in [4.78, 5) is 0. The Morgan fingerprint density at radius 1 is 0.800 bits per heavy atom. The zero-order valence-electron chi connectivity index (χ0n) is 30.3. The van der Waals surface area contributed by atoms with Crippen molar-refractivity contribution in [2.24, 2.45) is 5.92 Å². The van der Waals surface area contributed by atoms with E-state index in [0.29, 0.717) is 11.8 Å². The van der Waals surface area contributed by atoms with Crippen molar-refractivity contribution in [2.75, 3.05) is 25.0 Å². The lowest BCUT2D eigenvalue weighted by Gasteiger charge is -2.29. The SMILES string of the molecule is C/C(=C\C=C(/CNc1ccc2c(c1)C=CCC2)C1CCNC1)C1=C2CCC=CC2=C(c2cc(C3=CCCCC3)cc(C3CC=CCC3)c2)CC1. The van der Waals surface area contributed by atoms with Gasteiger partial charge in [0, 0.05) is 18.8 Å². The molecule has 0 amide bonds. The van der Waals surface area contributed by atoms with Gasteiger partial charge in [0.05, 0.1) is 0 Å². The third-order valence-corrected chi connectivity index (χ3v) is 12.3. The average molecular weight is 661 g/mol. The number of aryl methyl sites for hydroxylation is 1. The second kappa shape index (κ2) is 15.6. The molecular formula is C48H56N2. The first kappa shape index (κ1) is 33.3. The fraction of sp³-hybridized carbons (Fsp3) is 0.417. The summed E-state index contributed by atoms with van der Waals surface area (Å²) in [6.45, 7) is 5.47. The van der Waals surface area contributed by atoms with E-state index >= 15 is 0 Å². The molecule has 1 heterocycles. The predicted octanol–water partition coefficient (Wildman–Crippen LogP) is 12.2. The Morgan fingerprint density at radius 3 is 2.58 bits per heavy atom. The van der Waals surface area contributed by atoms with Crippen molar-refractivity contribution in [3.05, 3.63) is 141 Å². The van der Waals surface area contributed by atoms with Crippen LogP contribution in [0.4, 0.5) is 5.69 Å². The summed E-state index contributed by atoms with van der Waals surface area (Å²) in [5, 5.41) is 7.43. The van der Waals surface area contributed by atoms with E-state index in [4.69, 9.17) is 0 Å². The Hall–Kier alpha value is -3.88. The molecule has 0 saturated carbocycles. The van der Waals surface area contributed by atoms with Crippen molar-refractivity contribution in [3.63, 3.8) is 0 Å². The number of hydrogen-bond donors (Lipinski definition) is 2. The fourth-order valence-electron chi connectivity index (χ4n) is 9.36. The molecule has 2 atom stereocenters.